The third-order valence-corrected chi connectivity index (χ3v) is 9.97. The zero-order valence-corrected chi connectivity index (χ0v) is 31.6. The number of ether oxygens (including phenoxy) is 2. The number of aromatic hydroxyl groups is 2. The molecule has 6 aromatic rings. The van der Waals surface area contributed by atoms with E-state index in [0.29, 0.717) is 25.4 Å². The van der Waals surface area contributed by atoms with Crippen molar-refractivity contribution < 1.29 is 19.7 Å². The first-order valence-corrected chi connectivity index (χ1v) is 19.4. The number of rotatable bonds is 18. The number of unbranched alkanes of at least 4 members (excludes halogenated alkanes) is 2. The van der Waals surface area contributed by atoms with Crippen molar-refractivity contribution in [2.45, 2.75) is 58.8 Å². The van der Waals surface area contributed by atoms with Gasteiger partial charge in [0, 0.05) is 39.3 Å². The number of hydrogen-bond donors (Lipinski definition) is 2. The normalized spacial score (nSPS) is 11.6. The highest BCUT2D eigenvalue weighted by Crippen LogP contribution is 2.44. The second kappa shape index (κ2) is 18.8. The van der Waals surface area contributed by atoms with Gasteiger partial charge >= 0.3 is 0 Å². The molecule has 1 unspecified atom stereocenters. The third-order valence-electron chi connectivity index (χ3n) is 9.97. The number of benzene rings is 6. The van der Waals surface area contributed by atoms with Crippen LogP contribution >= 0.6 is 0 Å². The summed E-state index contributed by atoms with van der Waals surface area (Å²) in [5.74, 6) is 1.90. The van der Waals surface area contributed by atoms with Crippen molar-refractivity contribution in [2.24, 2.45) is 5.92 Å². The van der Waals surface area contributed by atoms with Crippen molar-refractivity contribution in [2.75, 3.05) is 13.2 Å². The average Bonchev–Trinajstić information content (AvgIpc) is 3.20. The van der Waals surface area contributed by atoms with E-state index in [1.54, 1.807) is 0 Å². The monoisotopic (exact) mass is 716 g/mol. The molecule has 4 nitrogen and oxygen atoms in total. The summed E-state index contributed by atoms with van der Waals surface area (Å²) in [5, 5.41) is 23.3. The molecule has 0 radical (unpaired) electrons. The van der Waals surface area contributed by atoms with Gasteiger partial charge in [0.2, 0.25) is 0 Å². The van der Waals surface area contributed by atoms with Crippen LogP contribution in [0.5, 0.6) is 23.0 Å². The van der Waals surface area contributed by atoms with E-state index < -0.39 is 0 Å². The maximum absolute atomic E-state index is 11.7. The summed E-state index contributed by atoms with van der Waals surface area (Å²) in [4.78, 5) is 0. The molecule has 0 aromatic heterocycles. The molecule has 0 aliphatic heterocycles. The predicted molar refractivity (Wildman–Crippen MR) is 224 cm³/mol. The van der Waals surface area contributed by atoms with Gasteiger partial charge in [0.25, 0.3) is 0 Å². The predicted octanol–water partition coefficient (Wildman–Crippen LogP) is 13.1. The van der Waals surface area contributed by atoms with Crippen LogP contribution in [0.4, 0.5) is 0 Å². The Balaban J connectivity index is 1.27. The fourth-order valence-electron chi connectivity index (χ4n) is 7.06. The van der Waals surface area contributed by atoms with Crippen LogP contribution < -0.4 is 9.47 Å². The lowest BCUT2D eigenvalue weighted by Crippen LogP contribution is -2.20. The lowest BCUT2D eigenvalue weighted by atomic mass is 9.94. The van der Waals surface area contributed by atoms with E-state index in [4.69, 9.17) is 9.47 Å². The smallest absolute Gasteiger partial charge is 0.131 e. The lowest BCUT2D eigenvalue weighted by molar-refractivity contribution is 0.179. The molecule has 0 bridgehead atoms. The highest BCUT2D eigenvalue weighted by Gasteiger charge is 2.20. The topological polar surface area (TPSA) is 58.9 Å². The number of aryl methyl sites for hydroxylation is 2. The van der Waals surface area contributed by atoms with Gasteiger partial charge in [-0.05, 0) is 72.2 Å². The molecule has 0 saturated carbocycles. The Morgan fingerprint density at radius 2 is 1.00 bits per heavy atom. The third kappa shape index (κ3) is 9.24. The fraction of sp³-hybridized carbons (Fsp3) is 0.240. The van der Waals surface area contributed by atoms with Crippen molar-refractivity contribution >= 4 is 0 Å². The minimum absolute atomic E-state index is 0.00347. The summed E-state index contributed by atoms with van der Waals surface area (Å²) in [7, 11) is 0. The standard InChI is InChI=1S/C50H52O4/c1-4-7-10-19-37-29-31-48(46(33-37)44-27-16-25-42(50(44)52)40-22-13-9-14-23-40)54-35-38(18-6-3)34-53-47-30-28-36(17-5-2)32-45(47)43-26-15-24-41(49(43)51)39-20-11-8-12-21-39/h6,8-9,11-16,20-33,38,51-52H,3-5,7,10,17-19,34-35H2,1-2H3. The van der Waals surface area contributed by atoms with E-state index in [1.807, 2.05) is 115 Å². The quantitative estimate of drug-likeness (QED) is 0.0687. The largest absolute Gasteiger partial charge is 0.507 e. The zero-order valence-electron chi connectivity index (χ0n) is 31.6. The first kappa shape index (κ1) is 38.0. The zero-order chi connectivity index (χ0) is 37.7. The molecule has 0 aliphatic carbocycles. The van der Waals surface area contributed by atoms with Gasteiger partial charge in [-0.2, -0.15) is 0 Å². The molecule has 4 heteroatoms. The Morgan fingerprint density at radius 3 is 1.46 bits per heavy atom. The van der Waals surface area contributed by atoms with Crippen LogP contribution in [0, 0.1) is 5.92 Å². The highest BCUT2D eigenvalue weighted by molar-refractivity contribution is 5.86. The second-order valence-electron chi connectivity index (χ2n) is 14.0. The number of phenols is 2. The number of allylic oxidation sites excluding steroid dienone is 1. The van der Waals surface area contributed by atoms with Gasteiger partial charge in [-0.3, -0.25) is 0 Å². The Labute approximate surface area is 321 Å². The summed E-state index contributed by atoms with van der Waals surface area (Å²) >= 11 is 0. The molecule has 0 aliphatic rings. The van der Waals surface area contributed by atoms with Gasteiger partial charge in [-0.15, -0.1) is 6.58 Å². The SMILES string of the molecule is C=CCC(COc1ccc(CCC)cc1-c1cccc(-c2ccccc2)c1O)COc1ccc(CCCCC)cc1-c1cccc(-c2ccccc2)c1O. The maximum Gasteiger partial charge on any atom is 0.131 e. The van der Waals surface area contributed by atoms with Crippen LogP contribution in [0.25, 0.3) is 44.5 Å². The average molecular weight is 717 g/mol. The minimum Gasteiger partial charge on any atom is -0.507 e. The van der Waals surface area contributed by atoms with Crippen LogP contribution in [0.2, 0.25) is 0 Å². The Bertz CT molecular complexity index is 2120. The van der Waals surface area contributed by atoms with Crippen LogP contribution in [0.15, 0.2) is 146 Å². The fourth-order valence-corrected chi connectivity index (χ4v) is 7.06. The van der Waals surface area contributed by atoms with E-state index in [-0.39, 0.29) is 17.4 Å². The van der Waals surface area contributed by atoms with Gasteiger partial charge in [0.1, 0.15) is 23.0 Å². The van der Waals surface area contributed by atoms with Crippen molar-refractivity contribution in [1.29, 1.82) is 0 Å². The molecule has 0 amide bonds. The number of phenolic OH excluding ortho intramolecular Hbond substituents is 2. The van der Waals surface area contributed by atoms with Crippen LogP contribution in [-0.2, 0) is 12.8 Å². The van der Waals surface area contributed by atoms with Gasteiger partial charge in [0.15, 0.2) is 0 Å². The Hall–Kier alpha value is -5.74. The summed E-state index contributed by atoms with van der Waals surface area (Å²) in [5.41, 5.74) is 9.13. The molecular weight excluding hydrogens is 665 g/mol. The molecule has 0 spiro atoms. The molecule has 6 rings (SSSR count). The minimum atomic E-state index is -0.00347. The Morgan fingerprint density at radius 1 is 0.519 bits per heavy atom. The van der Waals surface area contributed by atoms with Crippen molar-refractivity contribution in [3.8, 4) is 67.5 Å². The molecule has 1 atom stereocenters. The summed E-state index contributed by atoms with van der Waals surface area (Å²) in [6, 6.07) is 44.4. The van der Waals surface area contributed by atoms with Crippen molar-refractivity contribution in [3.63, 3.8) is 0 Å². The van der Waals surface area contributed by atoms with Crippen LogP contribution in [0.1, 0.15) is 57.1 Å². The first-order chi connectivity index (χ1) is 26.5. The van der Waals surface area contributed by atoms with Gasteiger partial charge in [-0.25, -0.2) is 0 Å². The maximum atomic E-state index is 11.7. The summed E-state index contributed by atoms with van der Waals surface area (Å²) in [6.07, 6.45) is 8.96. The van der Waals surface area contributed by atoms with Crippen LogP contribution in [0.3, 0.4) is 0 Å². The van der Waals surface area contributed by atoms with Crippen molar-refractivity contribution in [3.05, 3.63) is 157 Å². The van der Waals surface area contributed by atoms with Gasteiger partial charge < -0.3 is 19.7 Å². The van der Waals surface area contributed by atoms with Gasteiger partial charge in [0.05, 0.1) is 13.2 Å². The van der Waals surface area contributed by atoms with Crippen molar-refractivity contribution in [1.82, 2.24) is 0 Å². The molecule has 0 heterocycles. The van der Waals surface area contributed by atoms with Gasteiger partial charge in [-0.1, -0.05) is 148 Å². The van der Waals surface area contributed by atoms with E-state index in [9.17, 15) is 10.2 Å². The first-order valence-electron chi connectivity index (χ1n) is 19.4. The summed E-state index contributed by atoms with van der Waals surface area (Å²) in [6.45, 7) is 9.22. The molecular formula is C50H52O4. The second-order valence-corrected chi connectivity index (χ2v) is 14.0. The highest BCUT2D eigenvalue weighted by atomic mass is 16.5. The molecule has 54 heavy (non-hydrogen) atoms. The molecule has 276 valence electrons. The molecule has 0 fully saturated rings. The van der Waals surface area contributed by atoms with E-state index in [1.165, 1.54) is 17.5 Å². The summed E-state index contributed by atoms with van der Waals surface area (Å²) < 4.78 is 13.3. The van der Waals surface area contributed by atoms with E-state index >= 15 is 0 Å². The number of para-hydroxylation sites is 2. The molecule has 0 saturated heterocycles. The molecule has 6 aromatic carbocycles. The van der Waals surface area contributed by atoms with E-state index in [2.05, 4.69) is 44.7 Å². The van der Waals surface area contributed by atoms with Crippen LogP contribution in [-0.4, -0.2) is 23.4 Å². The lowest BCUT2D eigenvalue weighted by Gasteiger charge is -2.21. The van der Waals surface area contributed by atoms with E-state index in [0.717, 1.165) is 82.4 Å². The molecule has 2 N–H and O–H groups in total. The Kier molecular flexibility index (Phi) is 13.3. The number of hydrogen-bond acceptors (Lipinski definition) is 4.